The van der Waals surface area contributed by atoms with Gasteiger partial charge in [-0.05, 0) is 43.7 Å². The highest BCUT2D eigenvalue weighted by molar-refractivity contribution is 5.89. The van der Waals surface area contributed by atoms with Crippen LogP contribution in [0, 0.1) is 0 Å². The van der Waals surface area contributed by atoms with E-state index in [1.165, 1.54) is 17.0 Å². The first-order valence-electron chi connectivity index (χ1n) is 7.39. The maximum atomic E-state index is 12.0. The first kappa shape index (κ1) is 16.7. The van der Waals surface area contributed by atoms with Crippen LogP contribution in [-0.4, -0.2) is 44.2 Å². The van der Waals surface area contributed by atoms with Crippen molar-refractivity contribution in [2.45, 2.75) is 37.6 Å². The van der Waals surface area contributed by atoms with Gasteiger partial charge in [-0.15, -0.1) is 0 Å². The third-order valence-corrected chi connectivity index (χ3v) is 4.48. The predicted octanol–water partition coefficient (Wildman–Crippen LogP) is 0.525. The number of rotatable bonds is 4. The molecule has 1 fully saturated rings. The quantitative estimate of drug-likeness (QED) is 0.512. The minimum atomic E-state index is -1.20. The average molecular weight is 323 g/mol. The number of phenols is 3. The molecule has 1 heterocycles. The highest BCUT2D eigenvalue weighted by Crippen LogP contribution is 2.39. The Hall–Kier alpha value is -2.64. The van der Waals surface area contributed by atoms with Crippen LogP contribution in [0.3, 0.4) is 0 Å². The molecule has 0 radical (unpaired) electrons. The molecule has 1 saturated heterocycles. The lowest BCUT2D eigenvalue weighted by molar-refractivity contribution is -0.130. The van der Waals surface area contributed by atoms with Gasteiger partial charge >= 0.3 is 6.03 Å². The minimum Gasteiger partial charge on any atom is -0.504 e. The Morgan fingerprint density at radius 1 is 1.13 bits per heavy atom. The van der Waals surface area contributed by atoms with Crippen molar-refractivity contribution in [1.29, 1.82) is 0 Å². The molecule has 8 nitrogen and oxygen atoms in total. The summed E-state index contributed by atoms with van der Waals surface area (Å²) in [6.45, 7) is 0.352. The number of likely N-dealkylation sites (tertiary alicyclic amines) is 1. The molecular formula is C15H21N3O5. The number of hydrogen-bond acceptors (Lipinski definition) is 5. The normalized spacial score (nSPS) is 21.1. The van der Waals surface area contributed by atoms with Crippen LogP contribution in [0.15, 0.2) is 12.1 Å². The van der Waals surface area contributed by atoms with E-state index in [4.69, 9.17) is 11.5 Å². The molecule has 0 aromatic heterocycles. The maximum Gasteiger partial charge on any atom is 0.315 e. The molecule has 1 aliphatic rings. The second kappa shape index (κ2) is 6.23. The van der Waals surface area contributed by atoms with Crippen molar-refractivity contribution in [3.8, 4) is 17.2 Å². The molecule has 1 aromatic rings. The largest absolute Gasteiger partial charge is 0.504 e. The number of nitrogens with two attached hydrogens (primary N) is 2. The van der Waals surface area contributed by atoms with Gasteiger partial charge in [-0.1, -0.05) is 6.07 Å². The van der Waals surface area contributed by atoms with Gasteiger partial charge in [0.15, 0.2) is 11.5 Å². The molecule has 1 aromatic carbocycles. The van der Waals surface area contributed by atoms with Crippen molar-refractivity contribution >= 4 is 11.9 Å². The van der Waals surface area contributed by atoms with Crippen LogP contribution in [-0.2, 0) is 11.2 Å². The van der Waals surface area contributed by atoms with Gasteiger partial charge in [0.25, 0.3) is 0 Å². The van der Waals surface area contributed by atoms with Crippen molar-refractivity contribution in [2.24, 2.45) is 11.5 Å². The first-order valence-corrected chi connectivity index (χ1v) is 7.39. The Morgan fingerprint density at radius 3 is 2.43 bits per heavy atom. The molecule has 1 atom stereocenters. The van der Waals surface area contributed by atoms with Gasteiger partial charge in [0.05, 0.1) is 0 Å². The molecule has 0 aliphatic carbocycles. The molecule has 3 amide bonds. The van der Waals surface area contributed by atoms with E-state index in [9.17, 15) is 24.9 Å². The van der Waals surface area contributed by atoms with Crippen LogP contribution in [0.4, 0.5) is 4.79 Å². The van der Waals surface area contributed by atoms with Crippen LogP contribution >= 0.6 is 0 Å². The van der Waals surface area contributed by atoms with Crippen LogP contribution in [0.1, 0.15) is 31.2 Å². The Morgan fingerprint density at radius 2 is 1.83 bits per heavy atom. The molecule has 23 heavy (non-hydrogen) atoms. The Bertz CT molecular complexity index is 634. The summed E-state index contributed by atoms with van der Waals surface area (Å²) in [6, 6.07) is 1.98. The van der Waals surface area contributed by atoms with E-state index in [2.05, 4.69) is 0 Å². The van der Waals surface area contributed by atoms with Gasteiger partial charge in [-0.25, -0.2) is 4.79 Å². The van der Waals surface area contributed by atoms with Gasteiger partial charge in [-0.2, -0.15) is 0 Å². The van der Waals surface area contributed by atoms with Gasteiger partial charge in [0, 0.05) is 6.54 Å². The Labute approximate surface area is 133 Å². The zero-order chi connectivity index (χ0) is 17.2. The molecule has 8 heteroatoms. The summed E-state index contributed by atoms with van der Waals surface area (Å²) in [5.41, 5.74) is 10.1. The molecule has 1 unspecified atom stereocenters. The molecular weight excluding hydrogens is 302 g/mol. The monoisotopic (exact) mass is 323 g/mol. The molecule has 7 N–H and O–H groups in total. The van der Waals surface area contributed by atoms with E-state index in [1.807, 2.05) is 0 Å². The Kier molecular flexibility index (Phi) is 4.53. The number of primary amides is 2. The van der Waals surface area contributed by atoms with E-state index in [0.717, 1.165) is 12.8 Å². The average Bonchev–Trinajstić information content (AvgIpc) is 2.52. The smallest absolute Gasteiger partial charge is 0.315 e. The minimum absolute atomic E-state index is 0.170. The number of piperidine rings is 1. The van der Waals surface area contributed by atoms with Gasteiger partial charge in [0.2, 0.25) is 11.7 Å². The van der Waals surface area contributed by atoms with E-state index >= 15 is 0 Å². The lowest BCUT2D eigenvalue weighted by Crippen LogP contribution is -2.63. The fraction of sp³-hybridized carbons (Fsp3) is 0.467. The molecule has 0 bridgehead atoms. The first-order chi connectivity index (χ1) is 10.8. The second-order valence-electron chi connectivity index (χ2n) is 5.78. The van der Waals surface area contributed by atoms with Crippen LogP contribution in [0.5, 0.6) is 17.2 Å². The number of phenolic OH excluding ortho intramolecular Hbond substituents is 3. The topological polar surface area (TPSA) is 150 Å². The standard InChI is InChI=1S/C15H21N3O5/c16-13(22)15(6-1-2-8-18(15)14(17)23)7-5-9-3-4-10(19)12(21)11(9)20/h3-4,19-21H,1-2,5-8H2,(H2,16,22)(H2,17,23). The lowest BCUT2D eigenvalue weighted by atomic mass is 9.81. The molecule has 2 rings (SSSR count). The van der Waals surface area contributed by atoms with Gasteiger partial charge < -0.3 is 31.7 Å². The number of amides is 3. The number of carbonyl (C=O) groups is 2. The van der Waals surface area contributed by atoms with Gasteiger partial charge in [0.1, 0.15) is 5.54 Å². The molecule has 126 valence electrons. The van der Waals surface area contributed by atoms with Crippen molar-refractivity contribution in [3.63, 3.8) is 0 Å². The number of urea groups is 1. The van der Waals surface area contributed by atoms with E-state index < -0.39 is 34.7 Å². The molecule has 0 spiro atoms. The molecule has 1 aliphatic heterocycles. The lowest BCUT2D eigenvalue weighted by Gasteiger charge is -2.44. The number of carbonyl (C=O) groups excluding carboxylic acids is 2. The summed E-state index contributed by atoms with van der Waals surface area (Å²) in [4.78, 5) is 25.0. The summed E-state index contributed by atoms with van der Waals surface area (Å²) < 4.78 is 0. The van der Waals surface area contributed by atoms with Crippen molar-refractivity contribution in [2.75, 3.05) is 6.54 Å². The van der Waals surface area contributed by atoms with Crippen molar-refractivity contribution < 1.29 is 24.9 Å². The van der Waals surface area contributed by atoms with E-state index in [-0.39, 0.29) is 12.8 Å². The number of aromatic hydroxyl groups is 3. The summed E-state index contributed by atoms with van der Waals surface area (Å²) >= 11 is 0. The summed E-state index contributed by atoms with van der Waals surface area (Å²) in [5, 5.41) is 28.8. The van der Waals surface area contributed by atoms with Crippen molar-refractivity contribution in [3.05, 3.63) is 17.7 Å². The number of benzene rings is 1. The summed E-state index contributed by atoms with van der Waals surface area (Å²) in [6.07, 6.45) is 2.23. The fourth-order valence-electron chi connectivity index (χ4n) is 3.15. The highest BCUT2D eigenvalue weighted by atomic mass is 16.3. The SMILES string of the molecule is NC(=O)N1CCCCC1(CCc1ccc(O)c(O)c1O)C(N)=O. The van der Waals surface area contributed by atoms with E-state index in [0.29, 0.717) is 18.5 Å². The van der Waals surface area contributed by atoms with E-state index in [1.54, 1.807) is 0 Å². The maximum absolute atomic E-state index is 12.0. The third-order valence-electron chi connectivity index (χ3n) is 4.48. The zero-order valence-electron chi connectivity index (χ0n) is 12.7. The highest BCUT2D eigenvalue weighted by Gasteiger charge is 2.45. The third kappa shape index (κ3) is 2.96. The number of aryl methyl sites for hydroxylation is 1. The fourth-order valence-corrected chi connectivity index (χ4v) is 3.15. The Balaban J connectivity index is 2.28. The second-order valence-corrected chi connectivity index (χ2v) is 5.78. The van der Waals surface area contributed by atoms with Gasteiger partial charge in [-0.3, -0.25) is 4.79 Å². The predicted molar refractivity (Wildman–Crippen MR) is 81.8 cm³/mol. The summed E-state index contributed by atoms with van der Waals surface area (Å²) in [7, 11) is 0. The number of nitrogens with zero attached hydrogens (tertiary/aromatic N) is 1. The van der Waals surface area contributed by atoms with Crippen LogP contribution < -0.4 is 11.5 Å². The summed E-state index contributed by atoms with van der Waals surface area (Å²) in [5.74, 6) is -2.15. The molecule has 0 saturated carbocycles. The number of hydrogen-bond donors (Lipinski definition) is 5. The van der Waals surface area contributed by atoms with Crippen LogP contribution in [0.25, 0.3) is 0 Å². The van der Waals surface area contributed by atoms with Crippen LogP contribution in [0.2, 0.25) is 0 Å². The van der Waals surface area contributed by atoms with Crippen molar-refractivity contribution in [1.82, 2.24) is 4.90 Å². The zero-order valence-corrected chi connectivity index (χ0v) is 12.7.